The van der Waals surface area contributed by atoms with Crippen molar-refractivity contribution in [2.24, 2.45) is 0 Å². The van der Waals surface area contributed by atoms with Gasteiger partial charge in [0, 0.05) is 10.9 Å². The number of hydrogen-bond donors (Lipinski definition) is 0. The molecule has 0 N–H and O–H groups in total. The van der Waals surface area contributed by atoms with Crippen LogP contribution in [0, 0.1) is 5.51 Å². The molecule has 1 heterocycles. The van der Waals surface area contributed by atoms with E-state index in [2.05, 4.69) is 10.5 Å². The Balaban J connectivity index is 2.49. The summed E-state index contributed by atoms with van der Waals surface area (Å²) < 4.78 is 0. The van der Waals surface area contributed by atoms with Gasteiger partial charge >= 0.3 is 0 Å². The van der Waals surface area contributed by atoms with Gasteiger partial charge in [-0.05, 0) is 12.1 Å². The highest BCUT2D eigenvalue weighted by Gasteiger charge is 2.02. The van der Waals surface area contributed by atoms with E-state index in [1.807, 2.05) is 11.4 Å². The molecule has 0 fully saturated rings. The standard InChI is InChI=1S/C9H4Cl2NS/c10-7-2-1-6(3-8(7)11)9-4-13-5-12-9/h1-4H. The summed E-state index contributed by atoms with van der Waals surface area (Å²) in [5, 5.41) is 3.02. The van der Waals surface area contributed by atoms with E-state index in [1.165, 1.54) is 11.3 Å². The summed E-state index contributed by atoms with van der Waals surface area (Å²) in [7, 11) is 0. The molecule has 0 aliphatic rings. The van der Waals surface area contributed by atoms with Gasteiger partial charge in [0.2, 0.25) is 0 Å². The van der Waals surface area contributed by atoms with Crippen LogP contribution in [0.15, 0.2) is 23.6 Å². The van der Waals surface area contributed by atoms with Gasteiger partial charge in [-0.1, -0.05) is 29.3 Å². The van der Waals surface area contributed by atoms with Crippen molar-refractivity contribution in [3.05, 3.63) is 39.1 Å². The van der Waals surface area contributed by atoms with Crippen LogP contribution in [0.5, 0.6) is 0 Å². The summed E-state index contributed by atoms with van der Waals surface area (Å²) in [6.45, 7) is 0. The van der Waals surface area contributed by atoms with Crippen molar-refractivity contribution in [2.45, 2.75) is 0 Å². The Labute approximate surface area is 90.0 Å². The zero-order chi connectivity index (χ0) is 9.26. The third-order valence-corrected chi connectivity index (χ3v) is 2.88. The fourth-order valence-electron chi connectivity index (χ4n) is 0.972. The van der Waals surface area contributed by atoms with E-state index >= 15 is 0 Å². The van der Waals surface area contributed by atoms with Crippen molar-refractivity contribution in [3.63, 3.8) is 0 Å². The van der Waals surface area contributed by atoms with E-state index in [4.69, 9.17) is 23.2 Å². The van der Waals surface area contributed by atoms with Gasteiger partial charge in [0.1, 0.15) is 0 Å². The summed E-state index contributed by atoms with van der Waals surface area (Å²) in [5.74, 6) is 0. The molecule has 0 bridgehead atoms. The van der Waals surface area contributed by atoms with Crippen molar-refractivity contribution in [1.29, 1.82) is 0 Å². The highest BCUT2D eigenvalue weighted by atomic mass is 35.5. The normalized spacial score (nSPS) is 10.3. The predicted octanol–water partition coefficient (Wildman–Crippen LogP) is 3.92. The topological polar surface area (TPSA) is 12.9 Å². The van der Waals surface area contributed by atoms with Crippen LogP contribution in [0.3, 0.4) is 0 Å². The smallest absolute Gasteiger partial charge is 0.152 e. The summed E-state index contributed by atoms with van der Waals surface area (Å²) in [5.41, 5.74) is 4.62. The third-order valence-electron chi connectivity index (χ3n) is 1.60. The first kappa shape index (κ1) is 9.00. The minimum Gasteiger partial charge on any atom is -0.233 e. The molecule has 0 amide bonds. The van der Waals surface area contributed by atoms with E-state index in [0.717, 1.165) is 11.3 Å². The van der Waals surface area contributed by atoms with Crippen LogP contribution in [0.2, 0.25) is 10.0 Å². The SMILES string of the molecule is Clc1ccc(-c2cs[c]n2)cc1Cl. The van der Waals surface area contributed by atoms with Crippen LogP contribution < -0.4 is 0 Å². The third kappa shape index (κ3) is 1.85. The minimum absolute atomic E-state index is 0.548. The average molecular weight is 229 g/mol. The summed E-state index contributed by atoms with van der Waals surface area (Å²) in [6, 6.07) is 5.45. The van der Waals surface area contributed by atoms with Crippen LogP contribution in [0.4, 0.5) is 0 Å². The molecule has 0 aliphatic carbocycles. The fourth-order valence-corrected chi connectivity index (χ4v) is 1.77. The maximum atomic E-state index is 5.86. The van der Waals surface area contributed by atoms with Crippen molar-refractivity contribution < 1.29 is 0 Å². The summed E-state index contributed by atoms with van der Waals surface area (Å²) in [4.78, 5) is 4.05. The molecule has 0 spiro atoms. The van der Waals surface area contributed by atoms with E-state index in [9.17, 15) is 0 Å². The number of thiazole rings is 1. The van der Waals surface area contributed by atoms with E-state index in [-0.39, 0.29) is 0 Å². The van der Waals surface area contributed by atoms with Gasteiger partial charge in [0.25, 0.3) is 0 Å². The largest absolute Gasteiger partial charge is 0.233 e. The molecule has 1 radical (unpaired) electrons. The molecule has 1 aromatic carbocycles. The Kier molecular flexibility index (Phi) is 2.54. The van der Waals surface area contributed by atoms with Gasteiger partial charge < -0.3 is 0 Å². The van der Waals surface area contributed by atoms with Crippen LogP contribution in [0.25, 0.3) is 11.3 Å². The number of hydrogen-bond acceptors (Lipinski definition) is 2. The van der Waals surface area contributed by atoms with E-state index in [1.54, 1.807) is 12.1 Å². The fraction of sp³-hybridized carbons (Fsp3) is 0. The predicted molar refractivity (Wildman–Crippen MR) is 56.4 cm³/mol. The molecule has 1 nitrogen and oxygen atoms in total. The van der Waals surface area contributed by atoms with Crippen molar-refractivity contribution in [1.82, 2.24) is 4.98 Å². The zero-order valence-electron chi connectivity index (χ0n) is 6.42. The Morgan fingerprint density at radius 3 is 2.69 bits per heavy atom. The monoisotopic (exact) mass is 228 g/mol. The second kappa shape index (κ2) is 3.66. The number of nitrogens with zero attached hydrogens (tertiary/aromatic N) is 1. The van der Waals surface area contributed by atoms with Crippen LogP contribution in [0.1, 0.15) is 0 Å². The van der Waals surface area contributed by atoms with Crippen molar-refractivity contribution >= 4 is 34.5 Å². The second-order valence-electron chi connectivity index (χ2n) is 2.45. The Morgan fingerprint density at radius 2 is 2.08 bits per heavy atom. The van der Waals surface area contributed by atoms with Gasteiger partial charge in [-0.25, -0.2) is 4.98 Å². The highest BCUT2D eigenvalue weighted by molar-refractivity contribution is 7.07. The number of aromatic nitrogens is 1. The van der Waals surface area contributed by atoms with Crippen molar-refractivity contribution in [2.75, 3.05) is 0 Å². The van der Waals surface area contributed by atoms with Gasteiger partial charge in [-0.2, -0.15) is 0 Å². The Hall–Kier alpha value is -0.570. The molecule has 1 aromatic heterocycles. The first-order valence-electron chi connectivity index (χ1n) is 3.54. The second-order valence-corrected chi connectivity index (χ2v) is 3.92. The van der Waals surface area contributed by atoms with Gasteiger partial charge in [0.15, 0.2) is 5.51 Å². The molecule has 0 saturated heterocycles. The van der Waals surface area contributed by atoms with Gasteiger partial charge in [-0.3, -0.25) is 0 Å². The molecule has 0 atom stereocenters. The van der Waals surface area contributed by atoms with Crippen LogP contribution >= 0.6 is 34.5 Å². The van der Waals surface area contributed by atoms with Crippen LogP contribution in [-0.4, -0.2) is 4.98 Å². The quantitative estimate of drug-likeness (QED) is 0.722. The minimum atomic E-state index is 0.548. The molecule has 0 aliphatic heterocycles. The number of benzene rings is 1. The average Bonchev–Trinajstić information content (AvgIpc) is 2.62. The highest BCUT2D eigenvalue weighted by Crippen LogP contribution is 2.27. The maximum Gasteiger partial charge on any atom is 0.152 e. The molecule has 65 valence electrons. The summed E-state index contributed by atoms with van der Waals surface area (Å²) in [6.07, 6.45) is 0. The molecule has 0 saturated carbocycles. The molecule has 0 unspecified atom stereocenters. The molecule has 4 heteroatoms. The Bertz CT molecular complexity index is 412. The van der Waals surface area contributed by atoms with Crippen molar-refractivity contribution in [3.8, 4) is 11.3 Å². The summed E-state index contributed by atoms with van der Waals surface area (Å²) >= 11 is 13.1. The molecule has 13 heavy (non-hydrogen) atoms. The Morgan fingerprint density at radius 1 is 1.23 bits per heavy atom. The molecule has 2 aromatic rings. The first-order valence-corrected chi connectivity index (χ1v) is 5.18. The van der Waals surface area contributed by atoms with Crippen LogP contribution in [-0.2, 0) is 0 Å². The number of halogens is 2. The van der Waals surface area contributed by atoms with Gasteiger partial charge in [-0.15, -0.1) is 11.3 Å². The maximum absolute atomic E-state index is 5.86. The lowest BCUT2D eigenvalue weighted by atomic mass is 10.2. The lowest BCUT2D eigenvalue weighted by molar-refractivity contribution is 1.40. The zero-order valence-corrected chi connectivity index (χ0v) is 8.75. The lowest BCUT2D eigenvalue weighted by Crippen LogP contribution is -1.77. The van der Waals surface area contributed by atoms with E-state index in [0.29, 0.717) is 10.0 Å². The first-order chi connectivity index (χ1) is 6.27. The molecular weight excluding hydrogens is 225 g/mol. The van der Waals surface area contributed by atoms with E-state index < -0.39 is 0 Å². The molecular formula is C9H4Cl2NS. The lowest BCUT2D eigenvalue weighted by Gasteiger charge is -1.98. The number of rotatable bonds is 1. The molecule has 2 rings (SSSR count). The van der Waals surface area contributed by atoms with Gasteiger partial charge in [0.05, 0.1) is 15.7 Å².